The molecule has 0 radical (unpaired) electrons. The van der Waals surface area contributed by atoms with Crippen LogP contribution in [0.5, 0.6) is 0 Å². The summed E-state index contributed by atoms with van der Waals surface area (Å²) in [5.41, 5.74) is -1.43. The van der Waals surface area contributed by atoms with Gasteiger partial charge in [-0.2, -0.15) is 13.2 Å². The second kappa shape index (κ2) is 7.02. The Labute approximate surface area is 132 Å². The molecule has 1 aromatic rings. The standard InChI is InChI=1S/C15H18F4O2S/c1-9(22)8-14(2,10-6-4-5-7-11(10)16)13(21-3)12(20)15(17,18)19/h4-7,12-13,20H,8H2,1-3H3/t12-,13-,14+/m0/s1. The van der Waals surface area contributed by atoms with Gasteiger partial charge < -0.3 is 9.84 Å². The van der Waals surface area contributed by atoms with Crippen LogP contribution in [0.25, 0.3) is 0 Å². The van der Waals surface area contributed by atoms with E-state index in [9.17, 15) is 22.7 Å². The topological polar surface area (TPSA) is 29.5 Å². The quantitative estimate of drug-likeness (QED) is 0.632. The second-order valence-electron chi connectivity index (χ2n) is 5.42. The van der Waals surface area contributed by atoms with Crippen LogP contribution in [0.15, 0.2) is 24.3 Å². The van der Waals surface area contributed by atoms with Crippen LogP contribution in [0.1, 0.15) is 25.8 Å². The molecule has 22 heavy (non-hydrogen) atoms. The van der Waals surface area contributed by atoms with Crippen molar-refractivity contribution in [3.8, 4) is 0 Å². The van der Waals surface area contributed by atoms with E-state index in [4.69, 9.17) is 17.0 Å². The smallest absolute Gasteiger partial charge is 0.381 e. The fraction of sp³-hybridized carbons (Fsp3) is 0.533. The van der Waals surface area contributed by atoms with Crippen molar-refractivity contribution in [1.82, 2.24) is 0 Å². The Bertz CT molecular complexity index is 533. The van der Waals surface area contributed by atoms with Crippen molar-refractivity contribution >= 4 is 17.1 Å². The zero-order chi connectivity index (χ0) is 17.1. The molecule has 0 aliphatic carbocycles. The average molecular weight is 338 g/mol. The molecule has 0 aliphatic rings. The minimum absolute atomic E-state index is 0.0225. The number of aliphatic hydroxyl groups is 1. The molecule has 0 heterocycles. The number of methoxy groups -OCH3 is 1. The molecule has 0 unspecified atom stereocenters. The van der Waals surface area contributed by atoms with E-state index >= 15 is 0 Å². The molecule has 3 atom stereocenters. The third-order valence-electron chi connectivity index (χ3n) is 3.61. The first-order chi connectivity index (χ1) is 10.0. The largest absolute Gasteiger partial charge is 0.416 e. The summed E-state index contributed by atoms with van der Waals surface area (Å²) in [5, 5.41) is 9.63. The van der Waals surface area contributed by atoms with E-state index in [1.165, 1.54) is 25.1 Å². The van der Waals surface area contributed by atoms with Crippen LogP contribution in [-0.4, -0.2) is 35.5 Å². The molecule has 1 N–H and O–H groups in total. The van der Waals surface area contributed by atoms with Crippen LogP contribution in [-0.2, 0) is 10.2 Å². The molecule has 0 aromatic heterocycles. The summed E-state index contributed by atoms with van der Waals surface area (Å²) in [6.07, 6.45) is -9.36. The van der Waals surface area contributed by atoms with Crippen LogP contribution in [0.2, 0.25) is 0 Å². The van der Waals surface area contributed by atoms with Gasteiger partial charge in [0.1, 0.15) is 11.9 Å². The lowest BCUT2D eigenvalue weighted by Crippen LogP contribution is -2.52. The second-order valence-corrected chi connectivity index (χ2v) is 6.12. The number of aliphatic hydroxyl groups excluding tert-OH is 1. The summed E-state index contributed by atoms with van der Waals surface area (Å²) < 4.78 is 57.8. The van der Waals surface area contributed by atoms with Gasteiger partial charge in [-0.15, -0.1) is 0 Å². The van der Waals surface area contributed by atoms with Gasteiger partial charge >= 0.3 is 6.18 Å². The molecule has 2 nitrogen and oxygen atoms in total. The molecule has 0 bridgehead atoms. The highest BCUT2D eigenvalue weighted by Gasteiger charge is 2.52. The predicted molar refractivity (Wildman–Crippen MR) is 79.5 cm³/mol. The first-order valence-corrected chi connectivity index (χ1v) is 6.97. The summed E-state index contributed by atoms with van der Waals surface area (Å²) in [5.74, 6) is -0.669. The van der Waals surface area contributed by atoms with Crippen LogP contribution in [0, 0.1) is 5.82 Å². The monoisotopic (exact) mass is 338 g/mol. The SMILES string of the molecule is CO[C@@H]([C@H](O)C(F)(F)F)[C@](C)(CC(C)=S)c1ccccc1F. The van der Waals surface area contributed by atoms with Gasteiger partial charge in [0.05, 0.1) is 0 Å². The maximum Gasteiger partial charge on any atom is 0.416 e. The van der Waals surface area contributed by atoms with Gasteiger partial charge in [-0.05, 0) is 29.8 Å². The molecule has 124 valence electrons. The zero-order valence-electron chi connectivity index (χ0n) is 12.4. The van der Waals surface area contributed by atoms with Gasteiger partial charge in [-0.25, -0.2) is 4.39 Å². The van der Waals surface area contributed by atoms with Crippen LogP contribution >= 0.6 is 12.2 Å². The molecule has 0 saturated carbocycles. The van der Waals surface area contributed by atoms with E-state index in [0.717, 1.165) is 13.2 Å². The van der Waals surface area contributed by atoms with Crippen molar-refractivity contribution in [2.75, 3.05) is 7.11 Å². The van der Waals surface area contributed by atoms with Crippen molar-refractivity contribution in [3.05, 3.63) is 35.6 Å². The Kier molecular flexibility index (Phi) is 6.06. The van der Waals surface area contributed by atoms with Crippen molar-refractivity contribution in [2.45, 2.75) is 44.1 Å². The number of benzene rings is 1. The van der Waals surface area contributed by atoms with E-state index in [1.54, 1.807) is 6.92 Å². The van der Waals surface area contributed by atoms with Crippen LogP contribution in [0.3, 0.4) is 0 Å². The Morgan fingerprint density at radius 1 is 1.32 bits per heavy atom. The zero-order valence-corrected chi connectivity index (χ0v) is 13.3. The fourth-order valence-electron chi connectivity index (χ4n) is 2.70. The van der Waals surface area contributed by atoms with Gasteiger partial charge in [0.15, 0.2) is 6.10 Å². The number of hydrogen-bond acceptors (Lipinski definition) is 3. The average Bonchev–Trinajstić information content (AvgIpc) is 2.37. The van der Waals surface area contributed by atoms with Crippen molar-refractivity contribution in [3.63, 3.8) is 0 Å². The Balaban J connectivity index is 3.43. The lowest BCUT2D eigenvalue weighted by atomic mass is 9.71. The molecule has 0 spiro atoms. The predicted octanol–water partition coefficient (Wildman–Crippen LogP) is 3.80. The van der Waals surface area contributed by atoms with Crippen molar-refractivity contribution < 1.29 is 27.4 Å². The molecule has 0 fully saturated rings. The number of alkyl halides is 3. The summed E-state index contributed by atoms with van der Waals surface area (Å²) in [4.78, 5) is 0.391. The molecular weight excluding hydrogens is 320 g/mol. The highest BCUT2D eigenvalue weighted by atomic mass is 32.1. The Morgan fingerprint density at radius 3 is 2.27 bits per heavy atom. The van der Waals surface area contributed by atoms with E-state index < -0.39 is 29.6 Å². The summed E-state index contributed by atoms with van der Waals surface area (Å²) in [6, 6.07) is 5.48. The maximum atomic E-state index is 14.1. The number of rotatable bonds is 6. The first kappa shape index (κ1) is 19.0. The van der Waals surface area contributed by atoms with Gasteiger partial charge in [0.25, 0.3) is 0 Å². The highest BCUT2D eigenvalue weighted by molar-refractivity contribution is 7.80. The third-order valence-corrected chi connectivity index (χ3v) is 3.75. The molecule has 7 heteroatoms. The van der Waals surface area contributed by atoms with Crippen molar-refractivity contribution in [1.29, 1.82) is 0 Å². The lowest BCUT2D eigenvalue weighted by molar-refractivity contribution is -0.242. The van der Waals surface area contributed by atoms with E-state index in [0.29, 0.717) is 4.86 Å². The minimum Gasteiger partial charge on any atom is -0.381 e. The number of ether oxygens (including phenoxy) is 1. The van der Waals surface area contributed by atoms with Crippen molar-refractivity contribution in [2.24, 2.45) is 0 Å². The van der Waals surface area contributed by atoms with Gasteiger partial charge in [-0.3, -0.25) is 0 Å². The number of hydrogen-bond donors (Lipinski definition) is 1. The number of halogens is 4. The highest BCUT2D eigenvalue weighted by Crippen LogP contribution is 2.40. The molecule has 0 amide bonds. The molecule has 0 aliphatic heterocycles. The lowest BCUT2D eigenvalue weighted by Gasteiger charge is -2.40. The molecule has 1 rings (SSSR count). The maximum absolute atomic E-state index is 14.1. The van der Waals surface area contributed by atoms with E-state index in [-0.39, 0.29) is 12.0 Å². The summed E-state index contributed by atoms with van der Waals surface area (Å²) >= 11 is 4.99. The summed E-state index contributed by atoms with van der Waals surface area (Å²) in [7, 11) is 1.05. The van der Waals surface area contributed by atoms with Crippen LogP contribution in [0.4, 0.5) is 17.6 Å². The van der Waals surface area contributed by atoms with Gasteiger partial charge in [0, 0.05) is 12.5 Å². The van der Waals surface area contributed by atoms with Gasteiger partial charge in [-0.1, -0.05) is 37.3 Å². The first-order valence-electron chi connectivity index (χ1n) is 6.56. The van der Waals surface area contributed by atoms with Crippen LogP contribution < -0.4 is 0 Å². The molecule has 1 aromatic carbocycles. The van der Waals surface area contributed by atoms with Gasteiger partial charge in [0.2, 0.25) is 0 Å². The summed E-state index contributed by atoms with van der Waals surface area (Å²) in [6.45, 7) is 2.96. The number of thiocarbonyl (C=S) groups is 1. The molecule has 0 saturated heterocycles. The minimum atomic E-state index is -4.89. The van der Waals surface area contributed by atoms with E-state index in [1.807, 2.05) is 0 Å². The van der Waals surface area contributed by atoms with E-state index in [2.05, 4.69) is 0 Å². The molecular formula is C15H18F4O2S. The Morgan fingerprint density at radius 2 is 1.86 bits per heavy atom. The normalized spacial score (nSPS) is 17.6. The third kappa shape index (κ3) is 4.02. The fourth-order valence-corrected chi connectivity index (χ4v) is 3.00. The Hall–Kier alpha value is -1.05.